The van der Waals surface area contributed by atoms with E-state index in [1.807, 2.05) is 36.4 Å². The van der Waals surface area contributed by atoms with E-state index in [1.54, 1.807) is 12.1 Å². The summed E-state index contributed by atoms with van der Waals surface area (Å²) >= 11 is 3.37. The van der Waals surface area contributed by atoms with Gasteiger partial charge in [0.05, 0.1) is 6.61 Å². The molecule has 0 radical (unpaired) electrons. The molecule has 0 fully saturated rings. The van der Waals surface area contributed by atoms with Crippen LogP contribution in [0, 0.1) is 0 Å². The SMILES string of the molecule is CC(=O)NCCc1ccc(C(=O)COC(=O)CCCOc2cccc(Br)c2)cc1. The Bertz CT molecular complexity index is 835. The molecule has 2 rings (SSSR count). The van der Waals surface area contributed by atoms with Crippen LogP contribution >= 0.6 is 15.9 Å². The minimum Gasteiger partial charge on any atom is -0.494 e. The number of esters is 1. The number of Topliss-reactive ketones (excluding diaryl/α,β-unsaturated/α-hetero) is 1. The van der Waals surface area contributed by atoms with E-state index in [9.17, 15) is 14.4 Å². The fourth-order valence-electron chi connectivity index (χ4n) is 2.51. The second-order valence-corrected chi connectivity index (χ2v) is 7.34. The number of carbonyl (C=O) groups is 3. The molecule has 2 aromatic carbocycles. The molecule has 0 aliphatic heterocycles. The predicted molar refractivity (Wildman–Crippen MR) is 113 cm³/mol. The van der Waals surface area contributed by atoms with E-state index in [1.165, 1.54) is 6.92 Å². The van der Waals surface area contributed by atoms with E-state index >= 15 is 0 Å². The summed E-state index contributed by atoms with van der Waals surface area (Å²) in [6.45, 7) is 2.13. The topological polar surface area (TPSA) is 81.7 Å². The van der Waals surface area contributed by atoms with E-state index in [4.69, 9.17) is 9.47 Å². The first-order valence-corrected chi connectivity index (χ1v) is 10.1. The van der Waals surface area contributed by atoms with Gasteiger partial charge in [-0.05, 0) is 36.6 Å². The molecule has 154 valence electrons. The first-order valence-electron chi connectivity index (χ1n) is 9.34. The predicted octanol–water partition coefficient (Wildman–Crippen LogP) is 3.71. The van der Waals surface area contributed by atoms with Crippen LogP contribution in [0.4, 0.5) is 0 Å². The van der Waals surface area contributed by atoms with Crippen LogP contribution in [0.25, 0.3) is 0 Å². The van der Waals surface area contributed by atoms with Gasteiger partial charge >= 0.3 is 5.97 Å². The second kappa shape index (κ2) is 12.0. The molecule has 2 aromatic rings. The van der Waals surface area contributed by atoms with E-state index < -0.39 is 5.97 Å². The van der Waals surface area contributed by atoms with Gasteiger partial charge < -0.3 is 14.8 Å². The number of hydrogen-bond acceptors (Lipinski definition) is 5. The zero-order valence-electron chi connectivity index (χ0n) is 16.3. The molecular weight excluding hydrogens is 438 g/mol. The molecule has 0 heterocycles. The molecule has 0 spiro atoms. The highest BCUT2D eigenvalue weighted by molar-refractivity contribution is 9.10. The van der Waals surface area contributed by atoms with Crippen molar-refractivity contribution in [3.05, 3.63) is 64.1 Å². The van der Waals surface area contributed by atoms with Gasteiger partial charge in [-0.2, -0.15) is 0 Å². The zero-order valence-corrected chi connectivity index (χ0v) is 17.9. The smallest absolute Gasteiger partial charge is 0.306 e. The van der Waals surface area contributed by atoms with Gasteiger partial charge in [0.15, 0.2) is 12.4 Å². The Kier molecular flexibility index (Phi) is 9.37. The molecule has 0 unspecified atom stereocenters. The second-order valence-electron chi connectivity index (χ2n) is 6.42. The number of hydrogen-bond donors (Lipinski definition) is 1. The summed E-state index contributed by atoms with van der Waals surface area (Å²) in [6.07, 6.45) is 1.37. The number of amides is 1. The van der Waals surface area contributed by atoms with Crippen LogP contribution < -0.4 is 10.1 Å². The van der Waals surface area contributed by atoms with E-state index in [0.29, 0.717) is 31.6 Å². The van der Waals surface area contributed by atoms with E-state index in [2.05, 4.69) is 21.2 Å². The average molecular weight is 462 g/mol. The number of nitrogens with one attached hydrogen (secondary N) is 1. The molecule has 7 heteroatoms. The van der Waals surface area contributed by atoms with Crippen molar-refractivity contribution in [3.8, 4) is 5.75 Å². The van der Waals surface area contributed by atoms with Crippen molar-refractivity contribution < 1.29 is 23.9 Å². The summed E-state index contributed by atoms with van der Waals surface area (Å²) in [7, 11) is 0. The summed E-state index contributed by atoms with van der Waals surface area (Å²) in [5.74, 6) is -0.0259. The normalized spacial score (nSPS) is 10.3. The number of ketones is 1. The summed E-state index contributed by atoms with van der Waals surface area (Å²) in [5, 5.41) is 2.72. The van der Waals surface area contributed by atoms with Gasteiger partial charge in [0.25, 0.3) is 0 Å². The lowest BCUT2D eigenvalue weighted by Gasteiger charge is -2.07. The number of rotatable bonds is 11. The van der Waals surface area contributed by atoms with Crippen LogP contribution in [-0.4, -0.2) is 37.4 Å². The molecule has 1 amide bonds. The van der Waals surface area contributed by atoms with Crippen LogP contribution in [0.5, 0.6) is 5.75 Å². The molecule has 6 nitrogen and oxygen atoms in total. The van der Waals surface area contributed by atoms with Crippen LogP contribution in [-0.2, 0) is 20.7 Å². The highest BCUT2D eigenvalue weighted by Crippen LogP contribution is 2.18. The first kappa shape index (κ1) is 22.6. The van der Waals surface area contributed by atoms with Crippen LogP contribution in [0.1, 0.15) is 35.7 Å². The molecule has 29 heavy (non-hydrogen) atoms. The maximum atomic E-state index is 12.1. The molecule has 0 bridgehead atoms. The Morgan fingerprint density at radius 1 is 1.07 bits per heavy atom. The van der Waals surface area contributed by atoms with Gasteiger partial charge in [0.2, 0.25) is 5.91 Å². The van der Waals surface area contributed by atoms with Crippen molar-refractivity contribution in [1.82, 2.24) is 5.32 Å². The Hall–Kier alpha value is -2.67. The third kappa shape index (κ3) is 8.91. The van der Waals surface area contributed by atoms with Crippen LogP contribution in [0.15, 0.2) is 53.0 Å². The molecule has 0 aliphatic rings. The Balaban J connectivity index is 1.64. The first-order chi connectivity index (χ1) is 13.9. The third-order valence-electron chi connectivity index (χ3n) is 4.02. The number of benzene rings is 2. The lowest BCUT2D eigenvalue weighted by Crippen LogP contribution is -2.22. The summed E-state index contributed by atoms with van der Waals surface area (Å²) in [6, 6.07) is 14.5. The quantitative estimate of drug-likeness (QED) is 0.313. The number of ether oxygens (including phenoxy) is 2. The Morgan fingerprint density at radius 2 is 1.83 bits per heavy atom. The maximum Gasteiger partial charge on any atom is 0.306 e. The molecule has 0 atom stereocenters. The lowest BCUT2D eigenvalue weighted by atomic mass is 10.1. The van der Waals surface area contributed by atoms with Crippen molar-refractivity contribution in [2.75, 3.05) is 19.8 Å². The maximum absolute atomic E-state index is 12.1. The molecule has 0 saturated carbocycles. The molecular formula is C22H24BrNO5. The number of carbonyl (C=O) groups excluding carboxylic acids is 3. The largest absolute Gasteiger partial charge is 0.494 e. The van der Waals surface area contributed by atoms with E-state index in [-0.39, 0.29) is 24.7 Å². The van der Waals surface area contributed by atoms with Gasteiger partial charge in [-0.3, -0.25) is 14.4 Å². The van der Waals surface area contributed by atoms with Gasteiger partial charge in [-0.15, -0.1) is 0 Å². The number of halogens is 1. The van der Waals surface area contributed by atoms with Gasteiger partial charge in [0, 0.05) is 29.9 Å². The zero-order chi connectivity index (χ0) is 21.1. The van der Waals surface area contributed by atoms with Gasteiger partial charge in [-0.25, -0.2) is 0 Å². The minimum absolute atomic E-state index is 0.0710. The summed E-state index contributed by atoms with van der Waals surface area (Å²) in [5.41, 5.74) is 1.50. The monoisotopic (exact) mass is 461 g/mol. The third-order valence-corrected chi connectivity index (χ3v) is 4.51. The highest BCUT2D eigenvalue weighted by atomic mass is 79.9. The van der Waals surface area contributed by atoms with Gasteiger partial charge in [-0.1, -0.05) is 46.3 Å². The summed E-state index contributed by atoms with van der Waals surface area (Å²) < 4.78 is 11.5. The molecule has 1 N–H and O–H groups in total. The molecule has 0 saturated heterocycles. The highest BCUT2D eigenvalue weighted by Gasteiger charge is 2.10. The minimum atomic E-state index is -0.428. The molecule has 0 aliphatic carbocycles. The van der Waals surface area contributed by atoms with Crippen LogP contribution in [0.2, 0.25) is 0 Å². The summed E-state index contributed by atoms with van der Waals surface area (Å²) in [4.78, 5) is 34.8. The Morgan fingerprint density at radius 3 is 2.52 bits per heavy atom. The van der Waals surface area contributed by atoms with E-state index in [0.717, 1.165) is 15.8 Å². The average Bonchev–Trinajstić information content (AvgIpc) is 2.70. The molecule has 0 aromatic heterocycles. The van der Waals surface area contributed by atoms with Crippen LogP contribution in [0.3, 0.4) is 0 Å². The fraction of sp³-hybridized carbons (Fsp3) is 0.318. The van der Waals surface area contributed by atoms with Crippen molar-refractivity contribution in [1.29, 1.82) is 0 Å². The van der Waals surface area contributed by atoms with Crippen molar-refractivity contribution in [2.24, 2.45) is 0 Å². The van der Waals surface area contributed by atoms with Crippen molar-refractivity contribution >= 4 is 33.6 Å². The lowest BCUT2D eigenvalue weighted by molar-refractivity contribution is -0.142. The van der Waals surface area contributed by atoms with Crippen molar-refractivity contribution in [3.63, 3.8) is 0 Å². The Labute approximate surface area is 178 Å². The fourth-order valence-corrected chi connectivity index (χ4v) is 2.88. The van der Waals surface area contributed by atoms with Crippen molar-refractivity contribution in [2.45, 2.75) is 26.2 Å². The standard InChI is InChI=1S/C22H24BrNO5/c1-16(25)24-12-11-17-7-9-18(10-8-17)21(26)15-29-22(27)6-3-13-28-20-5-2-4-19(23)14-20/h2,4-5,7-10,14H,3,6,11-13,15H2,1H3,(H,24,25). The van der Waals surface area contributed by atoms with Gasteiger partial charge in [0.1, 0.15) is 5.75 Å².